The normalized spacial score (nSPS) is 29.4. The van der Waals surface area contributed by atoms with Crippen LogP contribution >= 0.6 is 0 Å². The summed E-state index contributed by atoms with van der Waals surface area (Å²) in [6, 6.07) is 5.23. The Balaban J connectivity index is 1.34. The van der Waals surface area contributed by atoms with Crippen LogP contribution in [0.2, 0.25) is 0 Å². The molecule has 4 amide bonds. The molecule has 57 heavy (non-hydrogen) atoms. The van der Waals surface area contributed by atoms with Gasteiger partial charge in [0.15, 0.2) is 0 Å². The van der Waals surface area contributed by atoms with Crippen LogP contribution in [0.4, 0.5) is 4.79 Å². The van der Waals surface area contributed by atoms with Gasteiger partial charge in [0, 0.05) is 30.2 Å². The largest absolute Gasteiger partial charge is 0.489 e. The highest BCUT2D eigenvalue weighted by atomic mass is 32.2. The molecule has 2 saturated carbocycles. The van der Waals surface area contributed by atoms with Crippen LogP contribution in [0.15, 0.2) is 42.6 Å². The lowest BCUT2D eigenvalue weighted by Crippen LogP contribution is -2.59. The zero-order valence-corrected chi connectivity index (χ0v) is 34.8. The molecule has 1 aromatic heterocycles. The smallest absolute Gasteiger partial charge is 0.408 e. The Hall–Kier alpha value is -4.44. The molecule has 16 heteroatoms. The highest BCUT2D eigenvalue weighted by Crippen LogP contribution is 2.47. The van der Waals surface area contributed by atoms with Gasteiger partial charge in [-0.25, -0.2) is 18.2 Å². The fraction of sp³-hybridized carbons (Fsp3) is 0.634. The number of carbonyl (C=O) groups excluding carboxylic acids is 4. The molecule has 2 aliphatic carbocycles. The molecular weight excluding hydrogens is 755 g/mol. The number of allylic oxidation sites excluding steroid dienone is 1. The predicted molar refractivity (Wildman–Crippen MR) is 212 cm³/mol. The van der Waals surface area contributed by atoms with E-state index in [9.17, 15) is 27.6 Å². The van der Waals surface area contributed by atoms with Crippen molar-refractivity contribution in [2.24, 2.45) is 17.8 Å². The van der Waals surface area contributed by atoms with Crippen molar-refractivity contribution >= 4 is 44.6 Å². The van der Waals surface area contributed by atoms with E-state index in [1.54, 1.807) is 41.0 Å². The van der Waals surface area contributed by atoms with E-state index in [0.29, 0.717) is 50.0 Å². The van der Waals surface area contributed by atoms with Gasteiger partial charge in [-0.05, 0) is 84.1 Å². The summed E-state index contributed by atoms with van der Waals surface area (Å²) < 4.78 is 50.8. The quantitative estimate of drug-likeness (QED) is 0.228. The molecule has 2 aromatic rings. The Kier molecular flexibility index (Phi) is 12.2. The van der Waals surface area contributed by atoms with Crippen molar-refractivity contribution in [1.82, 2.24) is 25.2 Å². The van der Waals surface area contributed by atoms with Crippen molar-refractivity contribution in [3.63, 3.8) is 0 Å². The van der Waals surface area contributed by atoms with Gasteiger partial charge in [0.05, 0.1) is 24.1 Å². The molecule has 312 valence electrons. The molecule has 15 nitrogen and oxygen atoms in total. The van der Waals surface area contributed by atoms with Crippen molar-refractivity contribution < 1.29 is 46.5 Å². The van der Waals surface area contributed by atoms with Gasteiger partial charge in [0.25, 0.3) is 5.91 Å². The number of nitrogens with one attached hydrogen (secondary N) is 3. The molecule has 3 heterocycles. The Labute approximate surface area is 335 Å². The third-order valence-corrected chi connectivity index (χ3v) is 13.6. The molecule has 0 radical (unpaired) electrons. The molecule has 6 rings (SSSR count). The minimum Gasteiger partial charge on any atom is -0.489 e. The Morgan fingerprint density at radius 2 is 1.79 bits per heavy atom. The Morgan fingerprint density at radius 1 is 1.07 bits per heavy atom. The maximum atomic E-state index is 14.8. The maximum Gasteiger partial charge on any atom is 0.408 e. The Morgan fingerprint density at radius 3 is 2.47 bits per heavy atom. The van der Waals surface area contributed by atoms with E-state index >= 15 is 0 Å². The summed E-state index contributed by atoms with van der Waals surface area (Å²) >= 11 is 0. The van der Waals surface area contributed by atoms with E-state index in [-0.39, 0.29) is 37.1 Å². The van der Waals surface area contributed by atoms with E-state index in [1.165, 1.54) is 4.90 Å². The van der Waals surface area contributed by atoms with Crippen LogP contribution in [0.25, 0.3) is 10.8 Å². The lowest BCUT2D eigenvalue weighted by atomic mass is 9.88. The van der Waals surface area contributed by atoms with Crippen LogP contribution in [0, 0.1) is 17.8 Å². The number of alkyl carbamates (subject to hydrolysis) is 1. The van der Waals surface area contributed by atoms with Gasteiger partial charge in [-0.15, -0.1) is 0 Å². The molecule has 1 saturated heterocycles. The minimum absolute atomic E-state index is 0.0260. The first-order valence-corrected chi connectivity index (χ1v) is 21.4. The number of sulfonamides is 1. The molecule has 0 unspecified atom stereocenters. The van der Waals surface area contributed by atoms with E-state index in [2.05, 4.69) is 27.3 Å². The lowest BCUT2D eigenvalue weighted by Gasteiger charge is -2.33. The van der Waals surface area contributed by atoms with Gasteiger partial charge in [0.2, 0.25) is 27.7 Å². The number of hydrogen-bond acceptors (Lipinski definition) is 11. The second kappa shape index (κ2) is 16.4. The molecule has 0 spiro atoms. The second-order valence-corrected chi connectivity index (χ2v) is 19.6. The fourth-order valence-electron chi connectivity index (χ4n) is 7.77. The molecular formula is C41H57N5O10S. The van der Waals surface area contributed by atoms with E-state index in [0.717, 1.165) is 11.8 Å². The van der Waals surface area contributed by atoms with Gasteiger partial charge >= 0.3 is 6.09 Å². The second-order valence-electron chi connectivity index (χ2n) is 17.4. The number of amides is 4. The first-order valence-electron chi connectivity index (χ1n) is 19.9. The fourth-order valence-corrected chi connectivity index (χ4v) is 9.09. The molecule has 1 aromatic carbocycles. The summed E-state index contributed by atoms with van der Waals surface area (Å²) in [7, 11) is -2.42. The van der Waals surface area contributed by atoms with Crippen molar-refractivity contribution in [3.8, 4) is 11.6 Å². The number of hydrogen-bond donors (Lipinski definition) is 3. The van der Waals surface area contributed by atoms with Crippen LogP contribution in [-0.2, 0) is 33.9 Å². The molecule has 4 aliphatic rings. The predicted octanol–water partition coefficient (Wildman–Crippen LogP) is 4.39. The summed E-state index contributed by atoms with van der Waals surface area (Å²) in [4.78, 5) is 62.5. The number of nitrogens with zero attached hydrogens (tertiary/aromatic N) is 2. The SMILES string of the molecule is COCCOc1cnc(O[C@@H]2C[C@H]3C(=O)N[C@]4(C(=O)NS(=O)(=O)C5(C)CC5)C[C@H]4/C=C\CC[C@@H](C)C[C@@H](C)[C@H](NC(=O)OC(C)(C)C)C(=O)N3C2)c2ccccc12. The summed E-state index contributed by atoms with van der Waals surface area (Å²) in [5, 5.41) is 7.13. The average Bonchev–Trinajstić information content (AvgIpc) is 4.02. The topological polar surface area (TPSA) is 192 Å². The molecule has 7 atom stereocenters. The van der Waals surface area contributed by atoms with Crippen molar-refractivity contribution in [2.45, 2.75) is 121 Å². The van der Waals surface area contributed by atoms with Crippen LogP contribution in [-0.4, -0.2) is 103 Å². The molecule has 3 N–H and O–H groups in total. The third-order valence-electron chi connectivity index (χ3n) is 11.5. The number of carbonyl (C=O) groups is 4. The first-order chi connectivity index (χ1) is 26.9. The zero-order valence-electron chi connectivity index (χ0n) is 34.0. The highest BCUT2D eigenvalue weighted by molar-refractivity contribution is 7.91. The number of rotatable bonds is 10. The Bertz CT molecular complexity index is 2000. The van der Waals surface area contributed by atoms with Crippen LogP contribution in [0.5, 0.6) is 11.6 Å². The third kappa shape index (κ3) is 9.48. The van der Waals surface area contributed by atoms with E-state index < -0.39 is 73.8 Å². The van der Waals surface area contributed by atoms with Gasteiger partial charge in [-0.1, -0.05) is 44.2 Å². The summed E-state index contributed by atoms with van der Waals surface area (Å²) in [5.41, 5.74) is -2.37. The van der Waals surface area contributed by atoms with Crippen molar-refractivity contribution in [3.05, 3.63) is 42.6 Å². The summed E-state index contributed by atoms with van der Waals surface area (Å²) in [5.74, 6) is -1.79. The summed E-state index contributed by atoms with van der Waals surface area (Å²) in [6.45, 7) is 11.4. The highest BCUT2D eigenvalue weighted by Gasteiger charge is 2.63. The number of aromatic nitrogens is 1. The number of fused-ring (bicyclic) bond motifs is 3. The molecule has 2 aliphatic heterocycles. The van der Waals surface area contributed by atoms with Gasteiger partial charge in [-0.2, -0.15) is 0 Å². The number of methoxy groups -OCH3 is 1. The van der Waals surface area contributed by atoms with Crippen molar-refractivity contribution in [2.75, 3.05) is 26.9 Å². The number of pyridine rings is 1. The van der Waals surface area contributed by atoms with Gasteiger partial charge < -0.3 is 34.5 Å². The first kappa shape index (κ1) is 42.2. The standard InChI is InChI=1S/C41H57N5O10S/c1-25-12-8-9-13-27-22-41(27,37(49)45-57(51,52)40(6)16-17-40)44-34(47)31-21-28(24-46(31)36(48)33(26(2)20-25)43-38(50)56-39(3,4)5)55-35-30-15-11-10-14-29(30)32(23-42-35)54-19-18-53-7/h9-11,13-15,23,25-28,31,33H,8,12,16-22,24H2,1-7H3,(H,43,50)(H,44,47)(H,45,49)/b13-9-/t25-,26-,27-,28-,31+,33+,41-/m1/s1. The van der Waals surface area contributed by atoms with E-state index in [4.69, 9.17) is 18.9 Å². The lowest BCUT2D eigenvalue weighted by molar-refractivity contribution is -0.142. The monoisotopic (exact) mass is 811 g/mol. The summed E-state index contributed by atoms with van der Waals surface area (Å²) in [6.07, 6.45) is 7.00. The van der Waals surface area contributed by atoms with Gasteiger partial charge in [-0.3, -0.25) is 19.1 Å². The zero-order chi connectivity index (χ0) is 41.3. The van der Waals surface area contributed by atoms with Crippen molar-refractivity contribution in [1.29, 1.82) is 0 Å². The minimum atomic E-state index is -4.01. The van der Waals surface area contributed by atoms with E-state index in [1.807, 2.05) is 43.3 Å². The maximum absolute atomic E-state index is 14.8. The molecule has 0 bridgehead atoms. The van der Waals surface area contributed by atoms with Gasteiger partial charge in [0.1, 0.15) is 41.7 Å². The van der Waals surface area contributed by atoms with Crippen LogP contribution < -0.4 is 24.8 Å². The number of benzene rings is 1. The number of ether oxygens (including phenoxy) is 4. The van der Waals surface area contributed by atoms with Crippen LogP contribution in [0.3, 0.4) is 0 Å². The van der Waals surface area contributed by atoms with Crippen LogP contribution in [0.1, 0.15) is 86.5 Å². The molecule has 3 fully saturated rings. The average molecular weight is 812 g/mol.